The van der Waals surface area contributed by atoms with E-state index in [-0.39, 0.29) is 17.9 Å². The Labute approximate surface area is 181 Å². The molecule has 0 saturated carbocycles. The van der Waals surface area contributed by atoms with Gasteiger partial charge in [-0.25, -0.2) is 4.90 Å². The number of hydrogen-bond donors (Lipinski definition) is 0. The summed E-state index contributed by atoms with van der Waals surface area (Å²) >= 11 is 0. The summed E-state index contributed by atoms with van der Waals surface area (Å²) in [6, 6.07) is 14.3. The van der Waals surface area contributed by atoms with Gasteiger partial charge in [-0.1, -0.05) is 18.2 Å². The van der Waals surface area contributed by atoms with Gasteiger partial charge in [0.25, 0.3) is 11.8 Å². The van der Waals surface area contributed by atoms with Crippen LogP contribution in [-0.4, -0.2) is 56.2 Å². The number of anilines is 1. The molecular formula is C24H26N2O5. The molecule has 7 nitrogen and oxygen atoms in total. The van der Waals surface area contributed by atoms with Crippen LogP contribution < -0.4 is 14.4 Å². The molecule has 2 aliphatic heterocycles. The fourth-order valence-electron chi connectivity index (χ4n) is 3.82. The number of rotatable bonds is 6. The topological polar surface area (TPSA) is 68.3 Å². The molecule has 0 radical (unpaired) electrons. The Balaban J connectivity index is 1.76. The van der Waals surface area contributed by atoms with Crippen molar-refractivity contribution in [1.82, 2.24) is 4.90 Å². The third-order valence-electron chi connectivity index (χ3n) is 5.21. The Bertz CT molecular complexity index is 1010. The fourth-order valence-corrected chi connectivity index (χ4v) is 3.82. The molecule has 0 spiro atoms. The maximum absolute atomic E-state index is 13.5. The summed E-state index contributed by atoms with van der Waals surface area (Å²) in [7, 11) is 1.55. The van der Waals surface area contributed by atoms with E-state index >= 15 is 0 Å². The Morgan fingerprint density at radius 3 is 2.29 bits per heavy atom. The predicted octanol–water partition coefficient (Wildman–Crippen LogP) is 3.10. The zero-order valence-electron chi connectivity index (χ0n) is 18.0. The van der Waals surface area contributed by atoms with E-state index in [2.05, 4.69) is 0 Å². The van der Waals surface area contributed by atoms with Crippen LogP contribution in [0.3, 0.4) is 0 Å². The number of nitrogens with zero attached hydrogens (tertiary/aromatic N) is 2. The third-order valence-corrected chi connectivity index (χ3v) is 5.21. The molecule has 2 aromatic carbocycles. The largest absolute Gasteiger partial charge is 0.497 e. The summed E-state index contributed by atoms with van der Waals surface area (Å²) in [6.07, 6.45) is 0.0484. The molecule has 4 rings (SSSR count). The zero-order chi connectivity index (χ0) is 22.0. The third kappa shape index (κ3) is 4.14. The maximum atomic E-state index is 13.5. The van der Waals surface area contributed by atoms with Crippen molar-refractivity contribution in [2.24, 2.45) is 0 Å². The van der Waals surface area contributed by atoms with Crippen LogP contribution in [0.2, 0.25) is 0 Å². The van der Waals surface area contributed by atoms with Crippen molar-refractivity contribution < 1.29 is 23.8 Å². The minimum Gasteiger partial charge on any atom is -0.497 e. The zero-order valence-corrected chi connectivity index (χ0v) is 18.0. The molecule has 2 aliphatic rings. The van der Waals surface area contributed by atoms with Crippen LogP contribution in [0.5, 0.6) is 11.5 Å². The van der Waals surface area contributed by atoms with Crippen molar-refractivity contribution in [3.63, 3.8) is 0 Å². The van der Waals surface area contributed by atoms with Gasteiger partial charge >= 0.3 is 0 Å². The summed E-state index contributed by atoms with van der Waals surface area (Å²) in [5.41, 5.74) is 1.97. The lowest BCUT2D eigenvalue weighted by atomic mass is 10.0. The lowest BCUT2D eigenvalue weighted by molar-refractivity contribution is -0.121. The Morgan fingerprint density at radius 2 is 1.65 bits per heavy atom. The number of hydrogen-bond acceptors (Lipinski definition) is 6. The molecule has 0 unspecified atom stereocenters. The molecular weight excluding hydrogens is 396 g/mol. The second-order valence-electron chi connectivity index (χ2n) is 7.66. The van der Waals surface area contributed by atoms with Crippen molar-refractivity contribution in [3.8, 4) is 11.5 Å². The number of imide groups is 1. The van der Waals surface area contributed by atoms with E-state index < -0.39 is 0 Å². The second-order valence-corrected chi connectivity index (χ2v) is 7.66. The first kappa shape index (κ1) is 20.9. The molecule has 2 heterocycles. The molecule has 1 fully saturated rings. The number of amides is 2. The van der Waals surface area contributed by atoms with E-state index in [1.54, 1.807) is 31.4 Å². The summed E-state index contributed by atoms with van der Waals surface area (Å²) in [4.78, 5) is 30.2. The highest BCUT2D eigenvalue weighted by molar-refractivity contribution is 6.45. The number of ether oxygens (including phenoxy) is 3. The van der Waals surface area contributed by atoms with Crippen LogP contribution in [-0.2, 0) is 14.3 Å². The summed E-state index contributed by atoms with van der Waals surface area (Å²) in [5, 5.41) is 0. The molecule has 1 saturated heterocycles. The van der Waals surface area contributed by atoms with Crippen molar-refractivity contribution in [1.29, 1.82) is 0 Å². The molecule has 31 heavy (non-hydrogen) atoms. The summed E-state index contributed by atoms with van der Waals surface area (Å²) in [5.74, 6) is 0.610. The van der Waals surface area contributed by atoms with Crippen LogP contribution in [0.25, 0.3) is 5.57 Å². The van der Waals surface area contributed by atoms with Gasteiger partial charge in [0.1, 0.15) is 17.2 Å². The van der Waals surface area contributed by atoms with Gasteiger partial charge in [0.2, 0.25) is 0 Å². The van der Waals surface area contributed by atoms with Gasteiger partial charge in [0.15, 0.2) is 0 Å². The van der Waals surface area contributed by atoms with Gasteiger partial charge in [-0.05, 0) is 43.7 Å². The molecule has 2 amide bonds. The normalized spacial score (nSPS) is 17.0. The minimum atomic E-state index is -0.350. The SMILES string of the molecule is COc1cccc(N2C(=O)C(c3ccc(OC(C)C)cc3)=C(N3CCOCC3)C2=O)c1. The smallest absolute Gasteiger partial charge is 0.282 e. The fraction of sp³-hybridized carbons (Fsp3) is 0.333. The van der Waals surface area contributed by atoms with E-state index in [4.69, 9.17) is 14.2 Å². The first-order valence-corrected chi connectivity index (χ1v) is 10.4. The average molecular weight is 422 g/mol. The Kier molecular flexibility index (Phi) is 5.95. The number of carbonyl (C=O) groups is 2. The van der Waals surface area contributed by atoms with Crippen LogP contribution in [0.15, 0.2) is 54.2 Å². The average Bonchev–Trinajstić information content (AvgIpc) is 3.04. The standard InChI is InChI=1S/C24H26N2O5/c1-16(2)31-19-9-7-17(8-10-19)21-22(25-11-13-30-14-12-25)24(28)26(23(21)27)18-5-4-6-20(15-18)29-3/h4-10,15-16H,11-14H2,1-3H3. The highest BCUT2D eigenvalue weighted by Gasteiger charge is 2.42. The molecule has 0 aliphatic carbocycles. The molecule has 7 heteroatoms. The second kappa shape index (κ2) is 8.81. The van der Waals surface area contributed by atoms with Crippen LogP contribution in [0.4, 0.5) is 5.69 Å². The minimum absolute atomic E-state index is 0.0484. The number of carbonyl (C=O) groups excluding carboxylic acids is 2. The molecule has 0 bridgehead atoms. The van der Waals surface area contributed by atoms with E-state index in [9.17, 15) is 9.59 Å². The molecule has 0 aromatic heterocycles. The van der Waals surface area contributed by atoms with E-state index in [0.717, 1.165) is 0 Å². The van der Waals surface area contributed by atoms with E-state index in [0.29, 0.717) is 60.3 Å². The molecule has 2 aromatic rings. The van der Waals surface area contributed by atoms with Crippen molar-refractivity contribution >= 4 is 23.1 Å². The Morgan fingerprint density at radius 1 is 0.935 bits per heavy atom. The lowest BCUT2D eigenvalue weighted by Crippen LogP contribution is -2.40. The van der Waals surface area contributed by atoms with Gasteiger partial charge in [0, 0.05) is 19.2 Å². The van der Waals surface area contributed by atoms with Crippen molar-refractivity contribution in [2.45, 2.75) is 20.0 Å². The number of methoxy groups -OCH3 is 1. The Hall–Kier alpha value is -3.32. The van der Waals surface area contributed by atoms with Gasteiger partial charge < -0.3 is 19.1 Å². The van der Waals surface area contributed by atoms with Crippen molar-refractivity contribution in [3.05, 3.63) is 59.8 Å². The quantitative estimate of drug-likeness (QED) is 0.667. The highest BCUT2D eigenvalue weighted by atomic mass is 16.5. The van der Waals surface area contributed by atoms with E-state index in [1.165, 1.54) is 4.90 Å². The van der Waals surface area contributed by atoms with Gasteiger partial charge in [-0.15, -0.1) is 0 Å². The number of benzene rings is 2. The molecule has 162 valence electrons. The van der Waals surface area contributed by atoms with Gasteiger partial charge in [0.05, 0.1) is 37.7 Å². The first-order valence-electron chi connectivity index (χ1n) is 10.4. The van der Waals surface area contributed by atoms with Crippen molar-refractivity contribution in [2.75, 3.05) is 38.3 Å². The number of morpholine rings is 1. The van der Waals surface area contributed by atoms with E-state index in [1.807, 2.05) is 43.0 Å². The van der Waals surface area contributed by atoms with Crippen LogP contribution >= 0.6 is 0 Å². The first-order chi connectivity index (χ1) is 15.0. The lowest BCUT2D eigenvalue weighted by Gasteiger charge is -2.29. The predicted molar refractivity (Wildman–Crippen MR) is 117 cm³/mol. The summed E-state index contributed by atoms with van der Waals surface area (Å²) in [6.45, 7) is 6.05. The molecule has 0 atom stereocenters. The highest BCUT2D eigenvalue weighted by Crippen LogP contribution is 2.36. The molecule has 0 N–H and O–H groups in total. The van der Waals surface area contributed by atoms with Gasteiger partial charge in [-0.2, -0.15) is 0 Å². The van der Waals surface area contributed by atoms with Crippen LogP contribution in [0.1, 0.15) is 19.4 Å². The van der Waals surface area contributed by atoms with Crippen LogP contribution in [0, 0.1) is 0 Å². The monoisotopic (exact) mass is 422 g/mol. The van der Waals surface area contributed by atoms with Gasteiger partial charge in [-0.3, -0.25) is 9.59 Å². The maximum Gasteiger partial charge on any atom is 0.282 e. The summed E-state index contributed by atoms with van der Waals surface area (Å²) < 4.78 is 16.4.